The average molecular weight is 224 g/mol. The monoisotopic (exact) mass is 224 g/mol. The van der Waals surface area contributed by atoms with Gasteiger partial charge in [-0.05, 0) is 7.05 Å². The second kappa shape index (κ2) is 4.99. The molecular formula is C8H13N2NaO2S. The zero-order chi connectivity index (χ0) is 9.42. The van der Waals surface area contributed by atoms with Gasteiger partial charge in [0.15, 0.2) is 0 Å². The third-order valence-electron chi connectivity index (χ3n) is 2.40. The summed E-state index contributed by atoms with van der Waals surface area (Å²) in [5.74, 6) is 0.964. The van der Waals surface area contributed by atoms with Gasteiger partial charge in [-0.15, -0.1) is 11.8 Å². The molecule has 0 aromatic rings. The van der Waals surface area contributed by atoms with E-state index in [2.05, 4.69) is 0 Å². The first-order chi connectivity index (χ1) is 6.20. The summed E-state index contributed by atoms with van der Waals surface area (Å²) in [5, 5.41) is 0. The standard InChI is InChI=1S/C8H12N2O2S.Na.H/c1-9-4-5-13-8(9)10-6(11)2-3-7(10)12;;/h8H,2-5H2,1H3;;/q;+1;-1. The summed E-state index contributed by atoms with van der Waals surface area (Å²) < 4.78 is 0. The van der Waals surface area contributed by atoms with Crippen LogP contribution in [0.3, 0.4) is 0 Å². The Morgan fingerprint density at radius 2 is 1.93 bits per heavy atom. The number of likely N-dealkylation sites (tertiary alicyclic amines) is 1. The largest absolute Gasteiger partial charge is 1.00 e. The topological polar surface area (TPSA) is 40.6 Å². The Bertz CT molecular complexity index is 251. The van der Waals surface area contributed by atoms with E-state index in [4.69, 9.17) is 0 Å². The van der Waals surface area contributed by atoms with Gasteiger partial charge >= 0.3 is 29.6 Å². The Morgan fingerprint density at radius 1 is 1.36 bits per heavy atom. The number of hydrogen-bond acceptors (Lipinski definition) is 4. The van der Waals surface area contributed by atoms with Crippen molar-refractivity contribution in [3.8, 4) is 0 Å². The van der Waals surface area contributed by atoms with Crippen molar-refractivity contribution in [3.63, 3.8) is 0 Å². The van der Waals surface area contributed by atoms with Crippen molar-refractivity contribution in [2.75, 3.05) is 19.3 Å². The van der Waals surface area contributed by atoms with Crippen LogP contribution in [0, 0.1) is 0 Å². The van der Waals surface area contributed by atoms with Gasteiger partial charge in [-0.2, -0.15) is 0 Å². The number of nitrogens with zero attached hydrogens (tertiary/aromatic N) is 2. The molecule has 1 atom stereocenters. The van der Waals surface area contributed by atoms with Gasteiger partial charge in [-0.1, -0.05) is 0 Å². The van der Waals surface area contributed by atoms with E-state index in [1.807, 2.05) is 11.9 Å². The maximum absolute atomic E-state index is 11.4. The van der Waals surface area contributed by atoms with E-state index >= 15 is 0 Å². The zero-order valence-corrected chi connectivity index (χ0v) is 11.3. The second-order valence-corrected chi connectivity index (χ2v) is 4.50. The number of carbonyl (C=O) groups is 2. The zero-order valence-electron chi connectivity index (χ0n) is 9.52. The van der Waals surface area contributed by atoms with Crippen LogP contribution in [0.2, 0.25) is 0 Å². The number of carbonyl (C=O) groups excluding carboxylic acids is 2. The van der Waals surface area contributed by atoms with Crippen LogP contribution in [0.25, 0.3) is 0 Å². The SMILES string of the molecule is CN1CCSC1N1C(=O)CCC1=O.[H-].[Na+]. The molecule has 0 aromatic heterocycles. The molecule has 1 unspecified atom stereocenters. The van der Waals surface area contributed by atoms with Gasteiger partial charge in [-0.3, -0.25) is 19.4 Å². The van der Waals surface area contributed by atoms with Crippen LogP contribution in [-0.2, 0) is 9.59 Å². The van der Waals surface area contributed by atoms with Crippen LogP contribution in [-0.4, -0.2) is 46.5 Å². The van der Waals surface area contributed by atoms with Crippen LogP contribution < -0.4 is 29.6 Å². The molecule has 0 aromatic carbocycles. The minimum absolute atomic E-state index is 0. The molecule has 0 bridgehead atoms. The number of thioether (sulfide) groups is 1. The first-order valence-corrected chi connectivity index (χ1v) is 5.42. The molecule has 2 fully saturated rings. The summed E-state index contributed by atoms with van der Waals surface area (Å²) in [6, 6.07) is 0. The molecule has 0 radical (unpaired) electrons. The van der Waals surface area contributed by atoms with Crippen molar-refractivity contribution in [1.29, 1.82) is 0 Å². The maximum atomic E-state index is 11.4. The van der Waals surface area contributed by atoms with E-state index in [1.165, 1.54) is 4.90 Å². The van der Waals surface area contributed by atoms with Crippen molar-refractivity contribution in [1.82, 2.24) is 9.80 Å². The summed E-state index contributed by atoms with van der Waals surface area (Å²) in [6.07, 6.45) is 0.785. The molecular weight excluding hydrogens is 211 g/mol. The predicted octanol–water partition coefficient (Wildman–Crippen LogP) is -2.79. The molecule has 2 rings (SSSR count). The van der Waals surface area contributed by atoms with Crippen LogP contribution in [0.4, 0.5) is 0 Å². The molecule has 14 heavy (non-hydrogen) atoms. The van der Waals surface area contributed by atoms with E-state index in [0.29, 0.717) is 12.8 Å². The van der Waals surface area contributed by atoms with E-state index in [-0.39, 0.29) is 48.3 Å². The first-order valence-electron chi connectivity index (χ1n) is 4.37. The van der Waals surface area contributed by atoms with E-state index in [0.717, 1.165) is 12.3 Å². The molecule has 2 aliphatic rings. The smallest absolute Gasteiger partial charge is 1.00 e. The van der Waals surface area contributed by atoms with E-state index in [9.17, 15) is 9.59 Å². The van der Waals surface area contributed by atoms with Gasteiger partial charge in [0.2, 0.25) is 11.8 Å². The Hall–Kier alpha value is 0.450. The Labute approximate surface area is 111 Å². The Balaban J connectivity index is 0.000000980. The average Bonchev–Trinajstić information content (AvgIpc) is 2.60. The molecule has 2 heterocycles. The summed E-state index contributed by atoms with van der Waals surface area (Å²) in [6.45, 7) is 0.951. The Kier molecular flexibility index (Phi) is 4.46. The summed E-state index contributed by atoms with van der Waals surface area (Å²) in [7, 11) is 1.95. The molecule has 0 spiro atoms. The molecule has 74 valence electrons. The molecule has 4 nitrogen and oxygen atoms in total. The van der Waals surface area contributed by atoms with Crippen LogP contribution in [0.5, 0.6) is 0 Å². The van der Waals surface area contributed by atoms with Gasteiger partial charge in [0.25, 0.3) is 0 Å². The number of imide groups is 1. The predicted molar refractivity (Wildman–Crippen MR) is 51.1 cm³/mol. The fourth-order valence-corrected chi connectivity index (χ4v) is 3.00. The molecule has 0 aliphatic carbocycles. The Morgan fingerprint density at radius 3 is 2.36 bits per heavy atom. The van der Waals surface area contributed by atoms with Gasteiger partial charge in [-0.25, -0.2) is 0 Å². The molecule has 2 aliphatic heterocycles. The molecule has 2 saturated heterocycles. The maximum Gasteiger partial charge on any atom is 1.00 e. The molecule has 0 N–H and O–H groups in total. The third kappa shape index (κ3) is 2.17. The van der Waals surface area contributed by atoms with E-state index in [1.54, 1.807) is 11.8 Å². The number of rotatable bonds is 1. The fraction of sp³-hybridized carbons (Fsp3) is 0.750. The van der Waals surface area contributed by atoms with Gasteiger partial charge in [0.1, 0.15) is 5.50 Å². The molecule has 0 saturated carbocycles. The van der Waals surface area contributed by atoms with Crippen molar-refractivity contribution in [2.24, 2.45) is 0 Å². The minimum Gasteiger partial charge on any atom is -1.00 e. The molecule has 2 amide bonds. The summed E-state index contributed by atoms with van der Waals surface area (Å²) in [5.41, 5.74) is -0.0394. The van der Waals surface area contributed by atoms with Crippen molar-refractivity contribution < 1.29 is 40.6 Å². The molecule has 6 heteroatoms. The number of amides is 2. The van der Waals surface area contributed by atoms with Crippen LogP contribution in [0.15, 0.2) is 0 Å². The fourth-order valence-electron chi connectivity index (χ4n) is 1.65. The van der Waals surface area contributed by atoms with Crippen LogP contribution >= 0.6 is 11.8 Å². The minimum atomic E-state index is -0.0394. The van der Waals surface area contributed by atoms with Gasteiger partial charge in [0, 0.05) is 25.1 Å². The van der Waals surface area contributed by atoms with Crippen molar-refractivity contribution in [2.45, 2.75) is 18.3 Å². The van der Waals surface area contributed by atoms with Crippen LogP contribution in [0.1, 0.15) is 14.3 Å². The second-order valence-electron chi connectivity index (χ2n) is 3.34. The quantitative estimate of drug-likeness (QED) is 0.357. The summed E-state index contributed by atoms with van der Waals surface area (Å²) >= 11 is 1.67. The van der Waals surface area contributed by atoms with E-state index < -0.39 is 0 Å². The first kappa shape index (κ1) is 12.5. The summed E-state index contributed by atoms with van der Waals surface area (Å²) in [4.78, 5) is 26.2. The number of hydrogen-bond donors (Lipinski definition) is 0. The normalized spacial score (nSPS) is 28.4. The van der Waals surface area contributed by atoms with Crippen molar-refractivity contribution in [3.05, 3.63) is 0 Å². The van der Waals surface area contributed by atoms with Gasteiger partial charge in [0.05, 0.1) is 0 Å². The third-order valence-corrected chi connectivity index (χ3v) is 3.69. The van der Waals surface area contributed by atoms with Gasteiger partial charge < -0.3 is 1.43 Å². The van der Waals surface area contributed by atoms with Crippen molar-refractivity contribution >= 4 is 23.6 Å².